The van der Waals surface area contributed by atoms with Crippen LogP contribution in [0.5, 0.6) is 5.75 Å². The van der Waals surface area contributed by atoms with Crippen molar-refractivity contribution in [1.29, 1.82) is 0 Å². The summed E-state index contributed by atoms with van der Waals surface area (Å²) in [5, 5.41) is 10.8. The van der Waals surface area contributed by atoms with Crippen molar-refractivity contribution in [1.82, 2.24) is 0 Å². The van der Waals surface area contributed by atoms with Crippen molar-refractivity contribution in [2.45, 2.75) is 201 Å². The van der Waals surface area contributed by atoms with Gasteiger partial charge in [-0.3, -0.25) is 4.79 Å². The molecule has 47 heavy (non-hydrogen) atoms. The van der Waals surface area contributed by atoms with Gasteiger partial charge in [-0.1, -0.05) is 156 Å². The number of ether oxygens (including phenoxy) is 1. The molecule has 1 aromatic rings. The number of carbonyl (C=O) groups excluding carboxylic acids is 1. The van der Waals surface area contributed by atoms with Crippen molar-refractivity contribution in [3.8, 4) is 5.75 Å². The van der Waals surface area contributed by atoms with Crippen molar-refractivity contribution < 1.29 is 14.6 Å². The maximum Gasteiger partial charge on any atom is 0.306 e. The molecule has 0 aliphatic heterocycles. The van der Waals surface area contributed by atoms with Crippen LogP contribution in [0.25, 0.3) is 0 Å². The van der Waals surface area contributed by atoms with E-state index in [0.717, 1.165) is 45.3 Å². The lowest BCUT2D eigenvalue weighted by Crippen LogP contribution is -2.24. The van der Waals surface area contributed by atoms with Gasteiger partial charge in [0, 0.05) is 17.9 Å². The highest BCUT2D eigenvalue weighted by molar-refractivity contribution is 8.00. The van der Waals surface area contributed by atoms with Crippen LogP contribution >= 0.6 is 23.5 Å². The number of unbranched alkanes of at least 4 members (excludes halogenated alkanes) is 18. The van der Waals surface area contributed by atoms with Crippen molar-refractivity contribution in [2.75, 3.05) is 23.0 Å². The van der Waals surface area contributed by atoms with E-state index in [4.69, 9.17) is 4.74 Å². The van der Waals surface area contributed by atoms with Gasteiger partial charge in [0.15, 0.2) is 0 Å². The molecule has 1 rings (SSSR count). The van der Waals surface area contributed by atoms with E-state index in [1.54, 1.807) is 0 Å². The van der Waals surface area contributed by atoms with Crippen LogP contribution in [-0.2, 0) is 21.4 Å². The zero-order valence-electron chi connectivity index (χ0n) is 32.1. The number of hydrogen-bond acceptors (Lipinski definition) is 5. The second kappa shape index (κ2) is 27.9. The minimum atomic E-state index is -0.153. The standard InChI is InChI=1S/C42H76O3S2/c1-8-10-12-14-16-18-20-22-24-26-30-46-33-38(34-47-31-27-25-23-21-19-17-15-13-11-9-2)45-40(43)29-28-37-32-39(42(5,6)7)41(44)36(4)35(37)3/h32,38,44H,8-31,33-34H2,1-7H3. The van der Waals surface area contributed by atoms with E-state index in [0.29, 0.717) is 18.6 Å². The van der Waals surface area contributed by atoms with E-state index < -0.39 is 0 Å². The third kappa shape index (κ3) is 21.8. The van der Waals surface area contributed by atoms with Gasteiger partial charge in [-0.05, 0) is 72.3 Å². The number of thioether (sulfide) groups is 2. The number of hydrogen-bond donors (Lipinski definition) is 1. The normalized spacial score (nSPS) is 11.9. The zero-order chi connectivity index (χ0) is 34.8. The van der Waals surface area contributed by atoms with Gasteiger partial charge in [-0.25, -0.2) is 0 Å². The lowest BCUT2D eigenvalue weighted by molar-refractivity contribution is -0.146. The molecule has 0 amide bonds. The van der Waals surface area contributed by atoms with Crippen LogP contribution in [0.15, 0.2) is 6.07 Å². The maximum absolute atomic E-state index is 13.1. The van der Waals surface area contributed by atoms with Crippen LogP contribution in [0.3, 0.4) is 0 Å². The summed E-state index contributed by atoms with van der Waals surface area (Å²) in [6.07, 6.45) is 28.3. The Bertz CT molecular complexity index is 895. The molecule has 3 nitrogen and oxygen atoms in total. The highest BCUT2D eigenvalue weighted by Gasteiger charge is 2.23. The molecule has 5 heteroatoms. The maximum atomic E-state index is 13.1. The highest BCUT2D eigenvalue weighted by Crippen LogP contribution is 2.36. The first-order chi connectivity index (χ1) is 22.6. The molecule has 1 N–H and O–H groups in total. The van der Waals surface area contributed by atoms with Gasteiger partial charge in [0.25, 0.3) is 0 Å². The van der Waals surface area contributed by atoms with Crippen molar-refractivity contribution in [3.05, 3.63) is 28.3 Å². The quantitative estimate of drug-likeness (QED) is 0.0642. The minimum Gasteiger partial charge on any atom is -0.507 e. The molecular weight excluding hydrogens is 617 g/mol. The van der Waals surface area contributed by atoms with E-state index in [1.807, 2.05) is 30.4 Å². The molecule has 0 unspecified atom stereocenters. The number of phenolic OH excluding ortho intramolecular Hbond substituents is 1. The Labute approximate surface area is 301 Å². The topological polar surface area (TPSA) is 46.5 Å². The predicted molar refractivity (Wildman–Crippen MR) is 213 cm³/mol. The third-order valence-electron chi connectivity index (χ3n) is 9.57. The van der Waals surface area contributed by atoms with Gasteiger partial charge < -0.3 is 9.84 Å². The van der Waals surface area contributed by atoms with Gasteiger partial charge in [-0.2, -0.15) is 23.5 Å². The van der Waals surface area contributed by atoms with Gasteiger partial charge in [0.2, 0.25) is 0 Å². The first-order valence-corrected chi connectivity index (χ1v) is 22.1. The molecule has 274 valence electrons. The highest BCUT2D eigenvalue weighted by atomic mass is 32.2. The fraction of sp³-hybridized carbons (Fsp3) is 0.833. The molecular formula is C42H76O3S2. The van der Waals surface area contributed by atoms with Gasteiger partial charge >= 0.3 is 5.97 Å². The summed E-state index contributed by atoms with van der Waals surface area (Å²) in [6, 6.07) is 2.10. The van der Waals surface area contributed by atoms with E-state index in [2.05, 4.69) is 47.6 Å². The summed E-state index contributed by atoms with van der Waals surface area (Å²) in [4.78, 5) is 13.1. The van der Waals surface area contributed by atoms with E-state index >= 15 is 0 Å². The number of rotatable bonds is 30. The Balaban J connectivity index is 2.48. The predicted octanol–water partition coefficient (Wildman–Crippen LogP) is 13.5. The number of aryl methyl sites for hydroxylation is 1. The monoisotopic (exact) mass is 693 g/mol. The second-order valence-electron chi connectivity index (χ2n) is 15.1. The van der Waals surface area contributed by atoms with Crippen molar-refractivity contribution >= 4 is 29.5 Å². The first-order valence-electron chi connectivity index (χ1n) is 19.8. The Hall–Kier alpha value is -0.810. The second-order valence-corrected chi connectivity index (χ2v) is 17.4. The number of carbonyl (C=O) groups is 1. The fourth-order valence-corrected chi connectivity index (χ4v) is 8.41. The Morgan fingerprint density at radius 2 is 1.09 bits per heavy atom. The SMILES string of the molecule is CCCCCCCCCCCCSCC(CSCCCCCCCCCCCC)OC(=O)CCc1cc(C(C)(C)C)c(O)c(C)c1C. The average Bonchev–Trinajstić information content (AvgIpc) is 3.03. The number of benzene rings is 1. The molecule has 0 saturated heterocycles. The molecule has 0 aliphatic carbocycles. The molecule has 0 heterocycles. The Morgan fingerprint density at radius 1 is 0.681 bits per heavy atom. The van der Waals surface area contributed by atoms with Crippen molar-refractivity contribution in [3.63, 3.8) is 0 Å². The molecule has 1 aromatic carbocycles. The van der Waals surface area contributed by atoms with Gasteiger partial charge in [-0.15, -0.1) is 0 Å². The fourth-order valence-electron chi connectivity index (χ4n) is 6.21. The third-order valence-corrected chi connectivity index (χ3v) is 11.9. The molecule has 0 fully saturated rings. The molecule has 0 bridgehead atoms. The first kappa shape index (κ1) is 44.2. The summed E-state index contributed by atoms with van der Waals surface area (Å²) in [5.74, 6) is 4.43. The zero-order valence-corrected chi connectivity index (χ0v) is 33.8. The summed E-state index contributed by atoms with van der Waals surface area (Å²) in [7, 11) is 0. The molecule has 0 aromatic heterocycles. The van der Waals surface area contributed by atoms with Crippen LogP contribution in [-0.4, -0.2) is 40.2 Å². The smallest absolute Gasteiger partial charge is 0.306 e. The van der Waals surface area contributed by atoms with E-state index in [1.165, 1.54) is 128 Å². The van der Waals surface area contributed by atoms with Crippen LogP contribution < -0.4 is 0 Å². The van der Waals surface area contributed by atoms with E-state index in [9.17, 15) is 9.90 Å². The van der Waals surface area contributed by atoms with Crippen LogP contribution in [0.1, 0.15) is 192 Å². The number of aromatic hydroxyl groups is 1. The number of phenols is 1. The van der Waals surface area contributed by atoms with Crippen LogP contribution in [0.2, 0.25) is 0 Å². The lowest BCUT2D eigenvalue weighted by atomic mass is 9.82. The molecule has 0 aliphatic rings. The largest absolute Gasteiger partial charge is 0.507 e. The summed E-state index contributed by atoms with van der Waals surface area (Å²) < 4.78 is 6.13. The lowest BCUT2D eigenvalue weighted by Gasteiger charge is -2.24. The molecule has 0 saturated carbocycles. The molecule has 0 spiro atoms. The van der Waals surface area contributed by atoms with Gasteiger partial charge in [0.1, 0.15) is 11.9 Å². The molecule has 0 atom stereocenters. The Kier molecular flexibility index (Phi) is 26.3. The van der Waals surface area contributed by atoms with Crippen molar-refractivity contribution in [2.24, 2.45) is 0 Å². The van der Waals surface area contributed by atoms with Crippen LogP contribution in [0, 0.1) is 13.8 Å². The summed E-state index contributed by atoms with van der Waals surface area (Å²) in [6.45, 7) is 15.0. The minimum absolute atomic E-state index is 0.0171. The van der Waals surface area contributed by atoms with E-state index in [-0.39, 0.29) is 17.5 Å². The molecule has 0 radical (unpaired) electrons. The van der Waals surface area contributed by atoms with Gasteiger partial charge in [0.05, 0.1) is 0 Å². The van der Waals surface area contributed by atoms with Crippen LogP contribution in [0.4, 0.5) is 0 Å². The summed E-state index contributed by atoms with van der Waals surface area (Å²) in [5.41, 5.74) is 3.95. The Morgan fingerprint density at radius 3 is 1.49 bits per heavy atom. The number of esters is 1. The average molecular weight is 693 g/mol. The summed E-state index contributed by atoms with van der Waals surface area (Å²) >= 11 is 3.94.